The number of aromatic nitrogens is 4. The van der Waals surface area contributed by atoms with Crippen LogP contribution in [-0.2, 0) is 6.54 Å². The molecule has 178 valence electrons. The Hall–Kier alpha value is -4.48. The fourth-order valence-corrected chi connectivity index (χ4v) is 4.59. The van der Waals surface area contributed by atoms with Gasteiger partial charge in [0, 0.05) is 28.5 Å². The van der Waals surface area contributed by atoms with Crippen molar-refractivity contribution in [2.24, 2.45) is 0 Å². The lowest BCUT2D eigenvalue weighted by Crippen LogP contribution is -2.31. The summed E-state index contributed by atoms with van der Waals surface area (Å²) in [6, 6.07) is 5.58. The zero-order valence-corrected chi connectivity index (χ0v) is 18.2. The number of hydrogen-bond acceptors (Lipinski definition) is 7. The van der Waals surface area contributed by atoms with Crippen LogP contribution in [0.1, 0.15) is 17.0 Å². The zero-order chi connectivity index (χ0) is 24.3. The van der Waals surface area contributed by atoms with E-state index in [0.29, 0.717) is 22.4 Å². The van der Waals surface area contributed by atoms with Gasteiger partial charge in [0.25, 0.3) is 0 Å². The van der Waals surface area contributed by atoms with E-state index in [1.807, 2.05) is 0 Å². The summed E-state index contributed by atoms with van der Waals surface area (Å²) in [6.07, 6.45) is 1.40. The number of anilines is 1. The number of methoxy groups -OCH3 is 1. The third kappa shape index (κ3) is 3.21. The van der Waals surface area contributed by atoms with Crippen LogP contribution in [-0.4, -0.2) is 51.1 Å². The molecule has 1 aromatic carbocycles. The molecule has 0 bridgehead atoms. The molecule has 1 atom stereocenters. The van der Waals surface area contributed by atoms with Crippen molar-refractivity contribution in [3.63, 3.8) is 0 Å². The second-order valence-electron chi connectivity index (χ2n) is 8.11. The summed E-state index contributed by atoms with van der Waals surface area (Å²) in [4.78, 5) is 17.4. The highest BCUT2D eigenvalue weighted by Gasteiger charge is 2.35. The first-order valence-electron chi connectivity index (χ1n) is 10.6. The summed E-state index contributed by atoms with van der Waals surface area (Å²) < 4.78 is 47.5. The number of nitrogens with zero attached hydrogens (tertiary/aromatic N) is 5. The Balaban J connectivity index is 1.58. The molecule has 0 aliphatic carbocycles. The van der Waals surface area contributed by atoms with E-state index < -0.39 is 17.7 Å². The van der Waals surface area contributed by atoms with Gasteiger partial charge in [-0.2, -0.15) is 0 Å². The van der Waals surface area contributed by atoms with Gasteiger partial charge in [0.05, 0.1) is 32.8 Å². The molecule has 0 radical (unpaired) electrons. The van der Waals surface area contributed by atoms with Gasteiger partial charge in [-0.05, 0) is 24.3 Å². The zero-order valence-electron chi connectivity index (χ0n) is 18.2. The third-order valence-corrected chi connectivity index (χ3v) is 6.18. The van der Waals surface area contributed by atoms with Crippen molar-refractivity contribution in [2.75, 3.05) is 25.2 Å². The fraction of sp³-hybridized carbons (Fsp3) is 0.217. The highest BCUT2D eigenvalue weighted by Crippen LogP contribution is 2.43. The van der Waals surface area contributed by atoms with Crippen molar-refractivity contribution in [1.82, 2.24) is 19.6 Å². The number of carboxylic acid groups (broad SMARTS) is 1. The number of benzene rings is 1. The first-order valence-corrected chi connectivity index (χ1v) is 10.6. The minimum Gasteiger partial charge on any atom is -0.493 e. The number of ether oxygens (including phenoxy) is 3. The van der Waals surface area contributed by atoms with Crippen molar-refractivity contribution < 1.29 is 32.9 Å². The maximum Gasteiger partial charge on any atom is 0.413 e. The second-order valence-corrected chi connectivity index (χ2v) is 8.11. The average Bonchev–Trinajstić information content (AvgIpc) is 3.49. The number of rotatable bonds is 2. The second kappa shape index (κ2) is 7.79. The van der Waals surface area contributed by atoms with Gasteiger partial charge in [0.1, 0.15) is 17.9 Å². The predicted octanol–water partition coefficient (Wildman–Crippen LogP) is 3.63. The molecule has 1 N–H and O–H groups in total. The number of carbonyl (C=O) groups is 1. The van der Waals surface area contributed by atoms with E-state index >= 15 is 0 Å². The lowest BCUT2D eigenvalue weighted by molar-refractivity contribution is 0.200. The summed E-state index contributed by atoms with van der Waals surface area (Å²) in [5, 5.41) is 18.2. The van der Waals surface area contributed by atoms with Crippen LogP contribution in [0.4, 0.5) is 19.4 Å². The molecule has 5 heterocycles. The van der Waals surface area contributed by atoms with Gasteiger partial charge in [-0.15, -0.1) is 10.2 Å². The van der Waals surface area contributed by atoms with Crippen LogP contribution < -0.4 is 19.1 Å². The Morgan fingerprint density at radius 1 is 1.17 bits per heavy atom. The van der Waals surface area contributed by atoms with Crippen LogP contribution in [0.2, 0.25) is 0 Å². The first kappa shape index (κ1) is 21.1. The van der Waals surface area contributed by atoms with E-state index in [-0.39, 0.29) is 54.3 Å². The average molecular weight is 481 g/mol. The van der Waals surface area contributed by atoms with Gasteiger partial charge in [-0.3, -0.25) is 9.30 Å². The molecule has 2 aliphatic rings. The van der Waals surface area contributed by atoms with E-state index in [9.17, 15) is 18.7 Å². The van der Waals surface area contributed by atoms with E-state index in [1.165, 1.54) is 42.2 Å². The molecule has 0 spiro atoms. The molecule has 0 saturated heterocycles. The first-order chi connectivity index (χ1) is 17.0. The molecule has 10 nitrogen and oxygen atoms in total. The summed E-state index contributed by atoms with van der Waals surface area (Å²) in [6.45, 7) is 0.0850. The van der Waals surface area contributed by atoms with E-state index in [1.54, 1.807) is 6.07 Å². The van der Waals surface area contributed by atoms with Crippen molar-refractivity contribution in [3.05, 3.63) is 59.6 Å². The third-order valence-electron chi connectivity index (χ3n) is 6.18. The molecule has 0 fully saturated rings. The summed E-state index contributed by atoms with van der Waals surface area (Å²) in [7, 11) is 1.31. The Bertz CT molecular complexity index is 1510. The van der Waals surface area contributed by atoms with Crippen molar-refractivity contribution in [1.29, 1.82) is 0 Å². The van der Waals surface area contributed by atoms with E-state index in [0.717, 1.165) is 4.90 Å². The number of pyridine rings is 2. The Morgan fingerprint density at radius 2 is 1.97 bits per heavy atom. The molecule has 12 heteroatoms. The van der Waals surface area contributed by atoms with Crippen molar-refractivity contribution in [3.8, 4) is 28.5 Å². The maximum atomic E-state index is 14.9. The molecule has 0 saturated carbocycles. The van der Waals surface area contributed by atoms with Gasteiger partial charge in [0.15, 0.2) is 23.0 Å². The fourth-order valence-electron chi connectivity index (χ4n) is 4.59. The lowest BCUT2D eigenvalue weighted by Gasteiger charge is -2.23. The van der Waals surface area contributed by atoms with Crippen LogP contribution in [0.25, 0.3) is 16.8 Å². The SMILES string of the molecule is COc1ncc(-c2cc3c(n4cnnc24)N(C(=O)O)Cc2c(F)ccc4c2[C@@H](CO4)CO3)cc1F. The molecule has 2 aliphatic heterocycles. The van der Waals surface area contributed by atoms with Gasteiger partial charge in [-0.25, -0.2) is 18.6 Å². The predicted molar refractivity (Wildman–Crippen MR) is 117 cm³/mol. The van der Waals surface area contributed by atoms with Gasteiger partial charge in [0.2, 0.25) is 5.88 Å². The highest BCUT2D eigenvalue weighted by atomic mass is 19.1. The van der Waals surface area contributed by atoms with Gasteiger partial charge in [-0.1, -0.05) is 0 Å². The Kier molecular flexibility index (Phi) is 4.69. The van der Waals surface area contributed by atoms with Crippen LogP contribution in [0.5, 0.6) is 17.4 Å². The quantitative estimate of drug-likeness (QED) is 0.462. The number of halogens is 2. The van der Waals surface area contributed by atoms with Crippen molar-refractivity contribution in [2.45, 2.75) is 12.5 Å². The summed E-state index contributed by atoms with van der Waals surface area (Å²) in [5.74, 6) is -0.919. The summed E-state index contributed by atoms with van der Waals surface area (Å²) >= 11 is 0. The number of fused-ring (bicyclic) bond motifs is 3. The van der Waals surface area contributed by atoms with Crippen LogP contribution in [0, 0.1) is 11.6 Å². The Labute approximate surface area is 196 Å². The molecular formula is C23H17F2N5O5. The molecule has 6 rings (SSSR count). The normalized spacial score (nSPS) is 16.4. The molecule has 0 unspecified atom stereocenters. The molecule has 3 aromatic heterocycles. The Morgan fingerprint density at radius 3 is 2.71 bits per heavy atom. The van der Waals surface area contributed by atoms with Gasteiger partial charge >= 0.3 is 6.09 Å². The monoisotopic (exact) mass is 481 g/mol. The van der Waals surface area contributed by atoms with Crippen LogP contribution in [0.15, 0.2) is 36.8 Å². The highest BCUT2D eigenvalue weighted by molar-refractivity contribution is 5.90. The van der Waals surface area contributed by atoms with Crippen LogP contribution >= 0.6 is 0 Å². The largest absolute Gasteiger partial charge is 0.493 e. The molecular weight excluding hydrogens is 464 g/mol. The summed E-state index contributed by atoms with van der Waals surface area (Å²) in [5.41, 5.74) is 1.81. The molecule has 35 heavy (non-hydrogen) atoms. The van der Waals surface area contributed by atoms with E-state index in [4.69, 9.17) is 14.2 Å². The lowest BCUT2D eigenvalue weighted by atomic mass is 9.95. The standard InChI is InChI=1S/C23H17F2N5O5/c1-33-21-16(25)4-11(6-26-21)13-5-18-22(30-10-27-28-20(13)30)29(23(31)32)7-14-15(24)2-3-17-19(14)12(8-34-17)9-35-18/h2-6,10,12H,7-9H2,1H3,(H,31,32)/t12-/m0/s1. The smallest absolute Gasteiger partial charge is 0.413 e. The minimum absolute atomic E-state index is 0.0982. The maximum absolute atomic E-state index is 14.9. The number of hydrogen-bond donors (Lipinski definition) is 1. The van der Waals surface area contributed by atoms with Crippen molar-refractivity contribution >= 4 is 17.6 Å². The molecule has 4 aromatic rings. The molecule has 1 amide bonds. The topological polar surface area (TPSA) is 111 Å². The van der Waals surface area contributed by atoms with Crippen LogP contribution in [0.3, 0.4) is 0 Å². The minimum atomic E-state index is -1.33. The van der Waals surface area contributed by atoms with E-state index in [2.05, 4.69) is 15.2 Å². The van der Waals surface area contributed by atoms with Gasteiger partial charge < -0.3 is 19.3 Å². The number of amides is 1.